The van der Waals surface area contributed by atoms with Gasteiger partial charge in [-0.15, -0.1) is 0 Å². The van der Waals surface area contributed by atoms with E-state index in [1.54, 1.807) is 12.1 Å². The van der Waals surface area contributed by atoms with Gasteiger partial charge in [0.1, 0.15) is 5.75 Å². The van der Waals surface area contributed by atoms with Crippen LogP contribution in [0.1, 0.15) is 35.2 Å². The Morgan fingerprint density at radius 3 is 2.59 bits per heavy atom. The van der Waals surface area contributed by atoms with Crippen LogP contribution >= 0.6 is 15.9 Å². The summed E-state index contributed by atoms with van der Waals surface area (Å²) in [6, 6.07) is 12.7. The molecule has 1 heterocycles. The second-order valence-corrected chi connectivity index (χ2v) is 7.56. The van der Waals surface area contributed by atoms with Gasteiger partial charge in [0, 0.05) is 17.6 Å². The number of anilines is 1. The summed E-state index contributed by atoms with van der Waals surface area (Å²) >= 11 is 3.40. The molecule has 0 spiro atoms. The van der Waals surface area contributed by atoms with Crippen LogP contribution in [0, 0.1) is 6.92 Å². The van der Waals surface area contributed by atoms with Gasteiger partial charge in [-0.1, -0.05) is 28.1 Å². The number of hydrogen-bond donors (Lipinski definition) is 1. The van der Waals surface area contributed by atoms with E-state index in [0.717, 1.165) is 42.4 Å². The van der Waals surface area contributed by atoms with Gasteiger partial charge in [-0.05, 0) is 62.1 Å². The van der Waals surface area contributed by atoms with Gasteiger partial charge in [0.25, 0.3) is 11.8 Å². The number of halogens is 1. The molecular weight excluding hydrogens is 408 g/mol. The van der Waals surface area contributed by atoms with Gasteiger partial charge in [0.2, 0.25) is 0 Å². The average Bonchev–Trinajstić information content (AvgIpc) is 2.68. The Morgan fingerprint density at radius 2 is 1.85 bits per heavy atom. The number of para-hydroxylation sites is 1. The number of rotatable bonds is 5. The lowest BCUT2D eigenvalue weighted by Crippen LogP contribution is -2.36. The lowest BCUT2D eigenvalue weighted by Gasteiger charge is -2.27. The highest BCUT2D eigenvalue weighted by Crippen LogP contribution is 2.23. The van der Waals surface area contributed by atoms with Crippen LogP contribution in [0.3, 0.4) is 0 Å². The van der Waals surface area contributed by atoms with Crippen molar-refractivity contribution in [3.05, 3.63) is 58.1 Å². The number of carbonyl (C=O) groups is 2. The van der Waals surface area contributed by atoms with Gasteiger partial charge < -0.3 is 15.0 Å². The van der Waals surface area contributed by atoms with Gasteiger partial charge in [-0.25, -0.2) is 0 Å². The monoisotopic (exact) mass is 430 g/mol. The molecule has 5 nitrogen and oxygen atoms in total. The lowest BCUT2D eigenvalue weighted by molar-refractivity contribution is -0.118. The Kier molecular flexibility index (Phi) is 6.50. The molecule has 0 saturated carbocycles. The standard InChI is InChI=1S/C21H23BrN2O3/c1-15-13-16(22)9-10-19(15)27-14-20(25)23-18-8-4-3-7-17(18)21(26)24-11-5-2-6-12-24/h3-4,7-10,13H,2,5-6,11-12,14H2,1H3,(H,23,25). The van der Waals surface area contributed by atoms with Gasteiger partial charge >= 0.3 is 0 Å². The number of aryl methyl sites for hydroxylation is 1. The molecule has 27 heavy (non-hydrogen) atoms. The number of ether oxygens (including phenoxy) is 1. The molecular formula is C21H23BrN2O3. The Labute approximate surface area is 167 Å². The van der Waals surface area contributed by atoms with E-state index in [9.17, 15) is 9.59 Å². The fourth-order valence-corrected chi connectivity index (χ4v) is 3.63. The molecule has 0 radical (unpaired) electrons. The quantitative estimate of drug-likeness (QED) is 0.764. The zero-order valence-electron chi connectivity index (χ0n) is 15.3. The summed E-state index contributed by atoms with van der Waals surface area (Å²) in [5.74, 6) is 0.331. The van der Waals surface area contributed by atoms with Crippen LogP contribution in [0.2, 0.25) is 0 Å². The SMILES string of the molecule is Cc1cc(Br)ccc1OCC(=O)Nc1ccccc1C(=O)N1CCCCC1. The van der Waals surface area contributed by atoms with Crippen LogP contribution in [-0.2, 0) is 4.79 Å². The molecule has 0 aromatic heterocycles. The summed E-state index contributed by atoms with van der Waals surface area (Å²) in [4.78, 5) is 27.0. The Bertz CT molecular complexity index is 832. The smallest absolute Gasteiger partial charge is 0.262 e. The summed E-state index contributed by atoms with van der Waals surface area (Å²) in [6.45, 7) is 3.35. The number of hydrogen-bond acceptors (Lipinski definition) is 3. The van der Waals surface area contributed by atoms with E-state index in [0.29, 0.717) is 17.0 Å². The van der Waals surface area contributed by atoms with Crippen molar-refractivity contribution in [3.8, 4) is 5.75 Å². The molecule has 0 unspecified atom stereocenters. The van der Waals surface area contributed by atoms with Crippen molar-refractivity contribution in [2.45, 2.75) is 26.2 Å². The highest BCUT2D eigenvalue weighted by molar-refractivity contribution is 9.10. The van der Waals surface area contributed by atoms with Gasteiger partial charge in [0.05, 0.1) is 11.3 Å². The van der Waals surface area contributed by atoms with Crippen LogP contribution in [0.4, 0.5) is 5.69 Å². The van der Waals surface area contributed by atoms with Crippen molar-refractivity contribution in [2.75, 3.05) is 25.0 Å². The Morgan fingerprint density at radius 1 is 1.11 bits per heavy atom. The molecule has 0 aliphatic carbocycles. The van der Waals surface area contributed by atoms with E-state index in [4.69, 9.17) is 4.74 Å². The third-order valence-corrected chi connectivity index (χ3v) is 5.06. The minimum Gasteiger partial charge on any atom is -0.483 e. The van der Waals surface area contributed by atoms with Crippen LogP contribution in [-0.4, -0.2) is 36.4 Å². The first kappa shape index (κ1) is 19.4. The van der Waals surface area contributed by atoms with Crippen LogP contribution < -0.4 is 10.1 Å². The molecule has 2 aromatic rings. The van der Waals surface area contributed by atoms with Crippen molar-refractivity contribution < 1.29 is 14.3 Å². The Hall–Kier alpha value is -2.34. The maximum Gasteiger partial charge on any atom is 0.262 e. The first-order valence-corrected chi connectivity index (χ1v) is 9.91. The lowest BCUT2D eigenvalue weighted by atomic mass is 10.1. The van der Waals surface area contributed by atoms with Gasteiger partial charge in [-0.3, -0.25) is 9.59 Å². The molecule has 2 amide bonds. The van der Waals surface area contributed by atoms with Crippen LogP contribution in [0.25, 0.3) is 0 Å². The first-order chi connectivity index (χ1) is 13.0. The molecule has 2 aromatic carbocycles. The van der Waals surface area contributed by atoms with E-state index < -0.39 is 0 Å². The molecule has 1 fully saturated rings. The third-order valence-electron chi connectivity index (χ3n) is 4.57. The van der Waals surface area contributed by atoms with Crippen LogP contribution in [0.5, 0.6) is 5.75 Å². The molecule has 0 bridgehead atoms. The van der Waals surface area contributed by atoms with E-state index in [2.05, 4.69) is 21.2 Å². The minimum atomic E-state index is -0.295. The zero-order valence-corrected chi connectivity index (χ0v) is 16.9. The summed E-state index contributed by atoms with van der Waals surface area (Å²) in [6.07, 6.45) is 3.22. The molecule has 1 N–H and O–H groups in total. The summed E-state index contributed by atoms with van der Waals surface area (Å²) < 4.78 is 6.57. The summed E-state index contributed by atoms with van der Waals surface area (Å²) in [7, 11) is 0. The first-order valence-electron chi connectivity index (χ1n) is 9.12. The Balaban J connectivity index is 1.64. The largest absolute Gasteiger partial charge is 0.483 e. The predicted octanol–water partition coefficient (Wildman–Crippen LogP) is 4.40. The number of nitrogens with one attached hydrogen (secondary N) is 1. The van der Waals surface area contributed by atoms with Gasteiger partial charge in [-0.2, -0.15) is 0 Å². The molecule has 1 aliphatic heterocycles. The molecule has 1 aliphatic rings. The van der Waals surface area contributed by atoms with Crippen molar-refractivity contribution in [1.82, 2.24) is 4.90 Å². The summed E-state index contributed by atoms with van der Waals surface area (Å²) in [5, 5.41) is 2.81. The molecule has 0 atom stereocenters. The highest BCUT2D eigenvalue weighted by Gasteiger charge is 2.21. The third kappa shape index (κ3) is 5.10. The normalized spacial score (nSPS) is 13.9. The van der Waals surface area contributed by atoms with Crippen molar-refractivity contribution >= 4 is 33.4 Å². The van der Waals surface area contributed by atoms with E-state index in [1.807, 2.05) is 42.2 Å². The number of piperidine rings is 1. The zero-order chi connectivity index (χ0) is 19.2. The van der Waals surface area contributed by atoms with Crippen molar-refractivity contribution in [2.24, 2.45) is 0 Å². The van der Waals surface area contributed by atoms with Gasteiger partial charge in [0.15, 0.2) is 6.61 Å². The maximum atomic E-state index is 12.8. The molecule has 142 valence electrons. The molecule has 1 saturated heterocycles. The van der Waals surface area contributed by atoms with E-state index in [-0.39, 0.29) is 18.4 Å². The number of carbonyl (C=O) groups excluding carboxylic acids is 2. The number of amides is 2. The predicted molar refractivity (Wildman–Crippen MR) is 109 cm³/mol. The van der Waals surface area contributed by atoms with E-state index in [1.165, 1.54) is 0 Å². The average molecular weight is 431 g/mol. The number of nitrogens with zero attached hydrogens (tertiary/aromatic N) is 1. The van der Waals surface area contributed by atoms with Crippen molar-refractivity contribution in [3.63, 3.8) is 0 Å². The van der Waals surface area contributed by atoms with E-state index >= 15 is 0 Å². The second kappa shape index (κ2) is 9.04. The second-order valence-electron chi connectivity index (χ2n) is 6.65. The minimum absolute atomic E-state index is 0.0322. The number of benzene rings is 2. The van der Waals surface area contributed by atoms with Crippen molar-refractivity contribution in [1.29, 1.82) is 0 Å². The summed E-state index contributed by atoms with van der Waals surface area (Å²) in [5.41, 5.74) is 1.99. The maximum absolute atomic E-state index is 12.8. The highest BCUT2D eigenvalue weighted by atomic mass is 79.9. The molecule has 3 rings (SSSR count). The van der Waals surface area contributed by atoms with Crippen LogP contribution in [0.15, 0.2) is 46.9 Å². The fraction of sp³-hybridized carbons (Fsp3) is 0.333. The number of likely N-dealkylation sites (tertiary alicyclic amines) is 1. The fourth-order valence-electron chi connectivity index (χ4n) is 3.15. The topological polar surface area (TPSA) is 58.6 Å². The molecule has 6 heteroatoms.